The predicted octanol–water partition coefficient (Wildman–Crippen LogP) is -5.43. The first-order valence-electron chi connectivity index (χ1n) is 2.24. The molecule has 0 aliphatic heterocycles. The summed E-state index contributed by atoms with van der Waals surface area (Å²) in [6.45, 7) is 0. The van der Waals surface area contributed by atoms with Crippen molar-refractivity contribution in [1.29, 1.82) is 0 Å². The minimum Gasteiger partial charge on any atom is -0.799 e. The Balaban J connectivity index is 0.000001000. The third-order valence-electron chi connectivity index (χ3n) is 0.810. The minimum absolute atomic E-state index is 0. The molecule has 0 aliphatic carbocycles. The van der Waals surface area contributed by atoms with E-state index in [1.54, 1.807) is 9.97 Å². The van der Waals surface area contributed by atoms with E-state index in [-0.39, 0.29) is 51.4 Å². The van der Waals surface area contributed by atoms with Crippen LogP contribution >= 0.6 is 0 Å². The van der Waals surface area contributed by atoms with Crippen molar-refractivity contribution in [3.05, 3.63) is 36.7 Å². The quantitative estimate of drug-likeness (QED) is 0.391. The van der Waals surface area contributed by atoms with E-state index in [0.29, 0.717) is 0 Å². The standard InChI is InChI=1S/C3H2N3O4.K/c7-1-4-2(8)6(10)3(9)5-1;/h(H2,4,5,7,8,9);/q-1;+1. The summed E-state index contributed by atoms with van der Waals surface area (Å²) in [5.41, 5.74) is -3.52. The van der Waals surface area contributed by atoms with Crippen LogP contribution in [0.1, 0.15) is 0 Å². The fraction of sp³-hybridized carbons (Fsp3) is 0. The Morgan fingerprint density at radius 3 is 1.82 bits per heavy atom. The van der Waals surface area contributed by atoms with Gasteiger partial charge in [-0.05, 0) is 0 Å². The molecule has 0 unspecified atom stereocenters. The van der Waals surface area contributed by atoms with Crippen molar-refractivity contribution in [1.82, 2.24) is 14.7 Å². The van der Waals surface area contributed by atoms with E-state index in [9.17, 15) is 19.6 Å². The number of rotatable bonds is 0. The molecule has 54 valence electrons. The van der Waals surface area contributed by atoms with Gasteiger partial charge in [0.15, 0.2) is 0 Å². The maximum absolute atomic E-state index is 10.2. The largest absolute Gasteiger partial charge is 1.00 e. The SMILES string of the molecule is O=c1[nH]c(=O)n([O-])c(=O)[nH]1.[K+]. The van der Waals surface area contributed by atoms with E-state index in [1.807, 2.05) is 0 Å². The smallest absolute Gasteiger partial charge is 0.799 e. The molecule has 1 aromatic rings. The monoisotopic (exact) mass is 183 g/mol. The summed E-state index contributed by atoms with van der Waals surface area (Å²) in [5.74, 6) is 0. The van der Waals surface area contributed by atoms with Crippen molar-refractivity contribution in [2.24, 2.45) is 0 Å². The Hall–Kier alpha value is -0.154. The Bertz CT molecular complexity index is 366. The third-order valence-corrected chi connectivity index (χ3v) is 0.810. The van der Waals surface area contributed by atoms with Crippen LogP contribution in [0.15, 0.2) is 14.4 Å². The Kier molecular flexibility index (Phi) is 3.96. The van der Waals surface area contributed by atoms with E-state index < -0.39 is 21.8 Å². The van der Waals surface area contributed by atoms with Crippen LogP contribution in [0, 0.1) is 5.21 Å². The molecule has 0 saturated heterocycles. The zero-order valence-corrected chi connectivity index (χ0v) is 8.70. The van der Waals surface area contributed by atoms with Gasteiger partial charge in [0.1, 0.15) is 0 Å². The summed E-state index contributed by atoms with van der Waals surface area (Å²) >= 11 is 0. The van der Waals surface area contributed by atoms with Crippen molar-refractivity contribution >= 4 is 0 Å². The van der Waals surface area contributed by atoms with Crippen LogP contribution in [0.5, 0.6) is 0 Å². The molecular weight excluding hydrogens is 181 g/mol. The topological polar surface area (TPSA) is 111 Å². The summed E-state index contributed by atoms with van der Waals surface area (Å²) in [4.78, 5) is 33.8. The average Bonchev–Trinajstić information content (AvgIpc) is 1.82. The Morgan fingerprint density at radius 1 is 1.09 bits per heavy atom. The molecule has 0 aromatic carbocycles. The normalized spacial score (nSPS) is 8.73. The molecule has 0 amide bonds. The van der Waals surface area contributed by atoms with Crippen LogP contribution in [0.3, 0.4) is 0 Å². The van der Waals surface area contributed by atoms with Crippen molar-refractivity contribution in [3.63, 3.8) is 0 Å². The van der Waals surface area contributed by atoms with Crippen LogP contribution in [0.4, 0.5) is 0 Å². The van der Waals surface area contributed by atoms with Crippen LogP contribution in [-0.4, -0.2) is 14.7 Å². The molecule has 1 rings (SSSR count). The van der Waals surface area contributed by atoms with Gasteiger partial charge in [0.2, 0.25) is 0 Å². The van der Waals surface area contributed by atoms with Crippen LogP contribution < -0.4 is 68.5 Å². The number of aromatic amines is 2. The molecule has 2 N–H and O–H groups in total. The fourth-order valence-corrected chi connectivity index (χ4v) is 0.419. The second-order valence-corrected chi connectivity index (χ2v) is 1.48. The first-order chi connectivity index (χ1) is 4.61. The van der Waals surface area contributed by atoms with Gasteiger partial charge < -0.3 is 5.21 Å². The first-order valence-corrected chi connectivity index (χ1v) is 2.24. The van der Waals surface area contributed by atoms with E-state index in [2.05, 4.69) is 0 Å². The molecule has 0 fully saturated rings. The van der Waals surface area contributed by atoms with Crippen LogP contribution in [0.2, 0.25) is 0 Å². The second kappa shape index (κ2) is 4.02. The molecule has 0 spiro atoms. The van der Waals surface area contributed by atoms with Crippen LogP contribution in [0.25, 0.3) is 0 Å². The molecule has 0 atom stereocenters. The molecule has 7 nitrogen and oxygen atoms in total. The number of nitrogens with zero attached hydrogens (tertiary/aromatic N) is 1. The summed E-state index contributed by atoms with van der Waals surface area (Å²) in [6.07, 6.45) is 0. The summed E-state index contributed by atoms with van der Waals surface area (Å²) in [7, 11) is 0. The molecule has 1 heterocycles. The molecule has 0 saturated carbocycles. The van der Waals surface area contributed by atoms with Crippen molar-refractivity contribution < 1.29 is 51.4 Å². The predicted molar refractivity (Wildman–Crippen MR) is 30.7 cm³/mol. The van der Waals surface area contributed by atoms with Gasteiger partial charge in [-0.2, -0.15) is 0 Å². The van der Waals surface area contributed by atoms with Crippen LogP contribution in [-0.2, 0) is 0 Å². The summed E-state index contributed by atoms with van der Waals surface area (Å²) in [5, 5.41) is 10.2. The number of aromatic nitrogens is 3. The van der Waals surface area contributed by atoms with Gasteiger partial charge in [-0.25, -0.2) is 14.4 Å². The van der Waals surface area contributed by atoms with Gasteiger partial charge in [-0.3, -0.25) is 14.7 Å². The minimum atomic E-state index is -1.27. The van der Waals surface area contributed by atoms with Gasteiger partial charge >= 0.3 is 68.5 Å². The van der Waals surface area contributed by atoms with Gasteiger partial charge in [-0.15, -0.1) is 0 Å². The molecule has 0 radical (unpaired) electrons. The summed E-state index contributed by atoms with van der Waals surface area (Å²) < 4.78 is -0.485. The molecule has 8 heteroatoms. The average molecular weight is 183 g/mol. The Morgan fingerprint density at radius 2 is 1.45 bits per heavy atom. The zero-order valence-electron chi connectivity index (χ0n) is 5.58. The Labute approximate surface area is 101 Å². The van der Waals surface area contributed by atoms with Gasteiger partial charge in [0.05, 0.1) is 0 Å². The summed E-state index contributed by atoms with van der Waals surface area (Å²) in [6, 6.07) is 0. The zero-order chi connectivity index (χ0) is 7.72. The maximum Gasteiger partial charge on any atom is 1.00 e. The van der Waals surface area contributed by atoms with Crippen molar-refractivity contribution in [2.75, 3.05) is 0 Å². The fourth-order valence-electron chi connectivity index (χ4n) is 0.419. The van der Waals surface area contributed by atoms with Crippen molar-refractivity contribution in [2.45, 2.75) is 0 Å². The number of nitrogens with one attached hydrogen (secondary N) is 2. The molecule has 11 heavy (non-hydrogen) atoms. The molecule has 0 aliphatic rings. The van der Waals surface area contributed by atoms with E-state index in [1.165, 1.54) is 0 Å². The van der Waals surface area contributed by atoms with Gasteiger partial charge in [0.25, 0.3) is 0 Å². The second-order valence-electron chi connectivity index (χ2n) is 1.48. The number of hydrogen-bond acceptors (Lipinski definition) is 4. The molecule has 0 bridgehead atoms. The first kappa shape index (κ1) is 10.8. The molecule has 1 aromatic heterocycles. The van der Waals surface area contributed by atoms with Crippen molar-refractivity contribution in [3.8, 4) is 0 Å². The van der Waals surface area contributed by atoms with Gasteiger partial charge in [-0.1, -0.05) is 0 Å². The third kappa shape index (κ3) is 2.41. The van der Waals surface area contributed by atoms with E-state index in [4.69, 9.17) is 0 Å². The van der Waals surface area contributed by atoms with Gasteiger partial charge in [0, 0.05) is 0 Å². The molecular formula is C3H2KN3O4. The number of hydrogen-bond donors (Lipinski definition) is 2. The maximum atomic E-state index is 10.2. The van der Waals surface area contributed by atoms with E-state index >= 15 is 0 Å². The number of H-pyrrole nitrogens is 2. The van der Waals surface area contributed by atoms with E-state index in [0.717, 1.165) is 0 Å².